The first-order valence-electron chi connectivity index (χ1n) is 10.0. The Kier molecular flexibility index (Phi) is 6.13. The Morgan fingerprint density at radius 1 is 1.00 bits per heavy atom. The van der Waals surface area contributed by atoms with Gasteiger partial charge in [-0.05, 0) is 24.1 Å². The molecule has 0 amide bonds. The van der Waals surface area contributed by atoms with E-state index in [1.807, 2.05) is 12.3 Å². The molecule has 2 aliphatic heterocycles. The van der Waals surface area contributed by atoms with Gasteiger partial charge in [-0.2, -0.15) is 4.98 Å². The van der Waals surface area contributed by atoms with Crippen LogP contribution in [0.2, 0.25) is 0 Å². The van der Waals surface area contributed by atoms with Gasteiger partial charge in [0.1, 0.15) is 5.82 Å². The molecule has 0 atom stereocenters. The molecule has 8 heteroatoms. The molecule has 2 aliphatic rings. The molecule has 2 aromatic heterocycles. The number of rotatable bonds is 4. The number of pyridine rings is 1. The molecule has 0 aliphatic carbocycles. The number of aromatic nitrogens is 3. The third-order valence-corrected chi connectivity index (χ3v) is 5.53. The van der Waals surface area contributed by atoms with Crippen LogP contribution in [0.1, 0.15) is 11.1 Å². The standard InChI is InChI=1S/C22H24N6O.ClH/c23-14-16-3-5-17(6-4-16)20-19-7-9-28(18-2-1-8-24-15-18)21(19)26-22(25-20)27-10-12-29-13-11-27;/h1-6,8,15H,7,9-14,23H2;1H. The van der Waals surface area contributed by atoms with Crippen LogP contribution in [0.3, 0.4) is 0 Å². The Balaban J connectivity index is 0.00000218. The van der Waals surface area contributed by atoms with Crippen molar-refractivity contribution in [2.24, 2.45) is 5.73 Å². The van der Waals surface area contributed by atoms with Crippen molar-refractivity contribution >= 4 is 29.9 Å². The highest BCUT2D eigenvalue weighted by atomic mass is 35.5. The smallest absolute Gasteiger partial charge is 0.228 e. The summed E-state index contributed by atoms with van der Waals surface area (Å²) in [5.74, 6) is 1.74. The summed E-state index contributed by atoms with van der Waals surface area (Å²) >= 11 is 0. The van der Waals surface area contributed by atoms with Crippen molar-refractivity contribution < 1.29 is 4.74 Å². The molecule has 4 heterocycles. The van der Waals surface area contributed by atoms with Gasteiger partial charge in [0.25, 0.3) is 0 Å². The van der Waals surface area contributed by atoms with E-state index in [0.29, 0.717) is 19.8 Å². The lowest BCUT2D eigenvalue weighted by atomic mass is 10.0. The number of benzene rings is 1. The second kappa shape index (κ2) is 8.95. The molecule has 30 heavy (non-hydrogen) atoms. The Labute approximate surface area is 182 Å². The lowest BCUT2D eigenvalue weighted by molar-refractivity contribution is 0.122. The lowest BCUT2D eigenvalue weighted by Gasteiger charge is -2.28. The minimum Gasteiger partial charge on any atom is -0.378 e. The lowest BCUT2D eigenvalue weighted by Crippen LogP contribution is -2.37. The predicted molar refractivity (Wildman–Crippen MR) is 121 cm³/mol. The van der Waals surface area contributed by atoms with Crippen LogP contribution in [0.25, 0.3) is 11.3 Å². The Morgan fingerprint density at radius 3 is 2.50 bits per heavy atom. The molecule has 1 saturated heterocycles. The number of hydrogen-bond acceptors (Lipinski definition) is 7. The molecular formula is C22H25ClN6O. The fourth-order valence-corrected chi connectivity index (χ4v) is 3.95. The van der Waals surface area contributed by atoms with Gasteiger partial charge in [-0.3, -0.25) is 4.98 Å². The zero-order chi connectivity index (χ0) is 19.6. The molecule has 3 aromatic rings. The number of halogens is 1. The van der Waals surface area contributed by atoms with E-state index in [-0.39, 0.29) is 12.4 Å². The molecule has 2 N–H and O–H groups in total. The van der Waals surface area contributed by atoms with Crippen LogP contribution in [-0.4, -0.2) is 47.8 Å². The zero-order valence-electron chi connectivity index (χ0n) is 16.7. The normalized spacial score (nSPS) is 15.6. The fourth-order valence-electron chi connectivity index (χ4n) is 3.95. The van der Waals surface area contributed by atoms with Crippen molar-refractivity contribution in [1.82, 2.24) is 15.0 Å². The van der Waals surface area contributed by atoms with Crippen LogP contribution in [0.5, 0.6) is 0 Å². The molecular weight excluding hydrogens is 400 g/mol. The van der Waals surface area contributed by atoms with Gasteiger partial charge in [-0.15, -0.1) is 12.4 Å². The first-order valence-corrected chi connectivity index (χ1v) is 10.0. The number of anilines is 3. The minimum atomic E-state index is 0. The van der Waals surface area contributed by atoms with Gasteiger partial charge in [0.2, 0.25) is 5.95 Å². The molecule has 1 aromatic carbocycles. The third kappa shape index (κ3) is 3.84. The highest BCUT2D eigenvalue weighted by Gasteiger charge is 2.29. The number of nitrogens with zero attached hydrogens (tertiary/aromatic N) is 5. The van der Waals surface area contributed by atoms with Gasteiger partial charge in [0.05, 0.1) is 30.8 Å². The number of ether oxygens (including phenoxy) is 1. The van der Waals surface area contributed by atoms with Crippen molar-refractivity contribution in [3.8, 4) is 11.3 Å². The quantitative estimate of drug-likeness (QED) is 0.689. The molecule has 0 radical (unpaired) electrons. The molecule has 0 bridgehead atoms. The zero-order valence-corrected chi connectivity index (χ0v) is 17.5. The third-order valence-electron chi connectivity index (χ3n) is 5.53. The summed E-state index contributed by atoms with van der Waals surface area (Å²) in [5, 5.41) is 0. The molecule has 156 valence electrons. The largest absolute Gasteiger partial charge is 0.378 e. The maximum absolute atomic E-state index is 5.78. The average molecular weight is 425 g/mol. The summed E-state index contributed by atoms with van der Waals surface area (Å²) in [5.41, 5.74) is 11.2. The predicted octanol–water partition coefficient (Wildman–Crippen LogP) is 2.95. The number of hydrogen-bond donors (Lipinski definition) is 1. The van der Waals surface area contributed by atoms with Crippen LogP contribution in [0.4, 0.5) is 17.5 Å². The van der Waals surface area contributed by atoms with E-state index >= 15 is 0 Å². The second-order valence-electron chi connectivity index (χ2n) is 7.29. The van der Waals surface area contributed by atoms with Crippen molar-refractivity contribution in [3.05, 3.63) is 59.9 Å². The Morgan fingerprint density at radius 2 is 1.80 bits per heavy atom. The van der Waals surface area contributed by atoms with E-state index in [9.17, 15) is 0 Å². The number of fused-ring (bicyclic) bond motifs is 1. The van der Waals surface area contributed by atoms with Crippen molar-refractivity contribution in [2.75, 3.05) is 42.6 Å². The highest BCUT2D eigenvalue weighted by Crippen LogP contribution is 2.39. The maximum atomic E-state index is 5.78. The van der Waals surface area contributed by atoms with E-state index < -0.39 is 0 Å². The van der Waals surface area contributed by atoms with Crippen LogP contribution >= 0.6 is 12.4 Å². The van der Waals surface area contributed by atoms with Crippen LogP contribution in [0, 0.1) is 0 Å². The summed E-state index contributed by atoms with van der Waals surface area (Å²) in [6.07, 6.45) is 4.59. The monoisotopic (exact) mass is 424 g/mol. The topological polar surface area (TPSA) is 80.4 Å². The van der Waals surface area contributed by atoms with Crippen molar-refractivity contribution in [2.45, 2.75) is 13.0 Å². The van der Waals surface area contributed by atoms with E-state index in [1.54, 1.807) is 6.20 Å². The molecule has 1 fully saturated rings. The minimum absolute atomic E-state index is 0. The first-order chi connectivity index (χ1) is 14.3. The summed E-state index contributed by atoms with van der Waals surface area (Å²) in [6, 6.07) is 12.4. The summed E-state index contributed by atoms with van der Waals surface area (Å²) in [6.45, 7) is 4.42. The van der Waals surface area contributed by atoms with Gasteiger partial charge in [0.15, 0.2) is 0 Å². The van der Waals surface area contributed by atoms with E-state index in [2.05, 4.69) is 45.1 Å². The summed E-state index contributed by atoms with van der Waals surface area (Å²) < 4.78 is 5.52. The summed E-state index contributed by atoms with van der Waals surface area (Å²) in [4.78, 5) is 18.7. The van der Waals surface area contributed by atoms with Gasteiger partial charge in [-0.25, -0.2) is 4.98 Å². The molecule has 7 nitrogen and oxygen atoms in total. The number of morpholine rings is 1. The Hall–Kier alpha value is -2.74. The molecule has 0 saturated carbocycles. The van der Waals surface area contributed by atoms with Gasteiger partial charge >= 0.3 is 0 Å². The van der Waals surface area contributed by atoms with Gasteiger partial charge < -0.3 is 20.3 Å². The van der Waals surface area contributed by atoms with Crippen LogP contribution in [-0.2, 0) is 17.7 Å². The second-order valence-corrected chi connectivity index (χ2v) is 7.29. The van der Waals surface area contributed by atoms with Crippen LogP contribution < -0.4 is 15.5 Å². The molecule has 0 unspecified atom stereocenters. The molecule has 5 rings (SSSR count). The van der Waals surface area contributed by atoms with E-state index in [1.165, 1.54) is 5.56 Å². The fraction of sp³-hybridized carbons (Fsp3) is 0.318. The number of nitrogens with two attached hydrogens (primary N) is 1. The van der Waals surface area contributed by atoms with Gasteiger partial charge in [0, 0.05) is 43.5 Å². The van der Waals surface area contributed by atoms with Gasteiger partial charge in [-0.1, -0.05) is 24.3 Å². The van der Waals surface area contributed by atoms with E-state index in [0.717, 1.165) is 60.3 Å². The molecule has 0 spiro atoms. The van der Waals surface area contributed by atoms with Crippen molar-refractivity contribution in [3.63, 3.8) is 0 Å². The van der Waals surface area contributed by atoms with Crippen LogP contribution in [0.15, 0.2) is 48.8 Å². The Bertz CT molecular complexity index is 993. The summed E-state index contributed by atoms with van der Waals surface area (Å²) in [7, 11) is 0. The average Bonchev–Trinajstić information content (AvgIpc) is 3.24. The SMILES string of the molecule is Cl.NCc1ccc(-c2nc(N3CCOCC3)nc3c2CCN3c2cccnc2)cc1. The first kappa shape index (κ1) is 20.5. The van der Waals surface area contributed by atoms with Crippen molar-refractivity contribution in [1.29, 1.82) is 0 Å². The highest BCUT2D eigenvalue weighted by molar-refractivity contribution is 5.85. The maximum Gasteiger partial charge on any atom is 0.228 e. The van der Waals surface area contributed by atoms with E-state index in [4.69, 9.17) is 20.4 Å².